The molecule has 2 aliphatic heterocycles. The quantitative estimate of drug-likeness (QED) is 0.526. The van der Waals surface area contributed by atoms with Crippen LogP contribution in [0, 0.1) is 13.8 Å². The zero-order valence-corrected chi connectivity index (χ0v) is 23.5. The summed E-state index contributed by atoms with van der Waals surface area (Å²) in [5.74, 6) is 0.192. The van der Waals surface area contributed by atoms with Crippen LogP contribution >= 0.6 is 0 Å². The topological polar surface area (TPSA) is 48.1 Å². The van der Waals surface area contributed by atoms with E-state index in [4.69, 9.17) is 4.84 Å². The van der Waals surface area contributed by atoms with Gasteiger partial charge in [-0.05, 0) is 69.7 Å². The van der Waals surface area contributed by atoms with Crippen LogP contribution in [0.15, 0.2) is 49.0 Å². The van der Waals surface area contributed by atoms with Crippen molar-refractivity contribution in [3.63, 3.8) is 0 Å². The van der Waals surface area contributed by atoms with E-state index >= 15 is 0 Å². The lowest BCUT2D eigenvalue weighted by Gasteiger charge is -2.52. The summed E-state index contributed by atoms with van der Waals surface area (Å²) in [7, 11) is 1.60. The largest absolute Gasteiger partial charge is 0.338 e. The first-order valence-electron chi connectivity index (χ1n) is 13.6. The SMILES string of the molecule is C=C(NOC)c1ccc([C@H](C)N2CCN(C3(C)CCN(C(=O)c4c(C)cccc4C)CC3)C[C@@H]2C)cc1. The van der Waals surface area contributed by atoms with Crippen molar-refractivity contribution < 1.29 is 9.63 Å². The zero-order valence-electron chi connectivity index (χ0n) is 23.5. The van der Waals surface area contributed by atoms with Gasteiger partial charge in [-0.1, -0.05) is 49.0 Å². The van der Waals surface area contributed by atoms with Gasteiger partial charge in [-0.15, -0.1) is 0 Å². The number of aryl methyl sites for hydroxylation is 2. The van der Waals surface area contributed by atoms with Gasteiger partial charge in [-0.2, -0.15) is 0 Å². The second-order valence-corrected chi connectivity index (χ2v) is 11.2. The smallest absolute Gasteiger partial charge is 0.254 e. The minimum absolute atomic E-state index is 0.136. The maximum atomic E-state index is 13.3. The lowest BCUT2D eigenvalue weighted by atomic mass is 9.85. The number of carbonyl (C=O) groups is 1. The maximum Gasteiger partial charge on any atom is 0.254 e. The molecule has 2 aromatic carbocycles. The molecule has 0 bridgehead atoms. The molecule has 0 radical (unpaired) electrons. The highest BCUT2D eigenvalue weighted by atomic mass is 16.6. The molecule has 0 spiro atoms. The average molecular weight is 505 g/mol. The third kappa shape index (κ3) is 5.77. The summed E-state index contributed by atoms with van der Waals surface area (Å²) < 4.78 is 0. The molecule has 2 aliphatic rings. The third-order valence-electron chi connectivity index (χ3n) is 8.73. The Morgan fingerprint density at radius 3 is 2.24 bits per heavy atom. The number of hydroxylamine groups is 1. The summed E-state index contributed by atoms with van der Waals surface area (Å²) in [5.41, 5.74) is 9.09. The van der Waals surface area contributed by atoms with Gasteiger partial charge in [-0.25, -0.2) is 0 Å². The van der Waals surface area contributed by atoms with Crippen LogP contribution in [-0.2, 0) is 4.84 Å². The van der Waals surface area contributed by atoms with Crippen LogP contribution in [0.2, 0.25) is 0 Å². The Morgan fingerprint density at radius 2 is 1.68 bits per heavy atom. The normalized spacial score (nSPS) is 21.5. The molecule has 1 amide bonds. The van der Waals surface area contributed by atoms with E-state index in [9.17, 15) is 4.79 Å². The number of likely N-dealkylation sites (tertiary alicyclic amines) is 1. The number of hydrogen-bond acceptors (Lipinski definition) is 5. The van der Waals surface area contributed by atoms with E-state index < -0.39 is 0 Å². The van der Waals surface area contributed by atoms with Gasteiger partial charge in [-0.3, -0.25) is 24.9 Å². The van der Waals surface area contributed by atoms with E-state index in [-0.39, 0.29) is 11.4 Å². The van der Waals surface area contributed by atoms with Gasteiger partial charge in [0.1, 0.15) is 0 Å². The van der Waals surface area contributed by atoms with Gasteiger partial charge in [0, 0.05) is 55.9 Å². The highest BCUT2D eigenvalue weighted by Gasteiger charge is 2.40. The minimum atomic E-state index is 0.136. The number of rotatable bonds is 7. The summed E-state index contributed by atoms with van der Waals surface area (Å²) in [6, 6.07) is 15.5. The lowest BCUT2D eigenvalue weighted by molar-refractivity contribution is -0.0278. The Morgan fingerprint density at radius 1 is 1.05 bits per heavy atom. The predicted octanol–water partition coefficient (Wildman–Crippen LogP) is 5.19. The number of carbonyl (C=O) groups excluding carboxylic acids is 1. The van der Waals surface area contributed by atoms with Crippen molar-refractivity contribution >= 4 is 11.6 Å². The molecule has 2 heterocycles. The second kappa shape index (κ2) is 11.4. The number of piperidine rings is 1. The van der Waals surface area contributed by atoms with E-state index in [1.807, 2.05) is 32.0 Å². The molecule has 6 heteroatoms. The molecule has 37 heavy (non-hydrogen) atoms. The van der Waals surface area contributed by atoms with Crippen molar-refractivity contribution in [1.82, 2.24) is 20.2 Å². The molecule has 0 saturated carbocycles. The second-order valence-electron chi connectivity index (χ2n) is 11.2. The van der Waals surface area contributed by atoms with E-state index in [1.54, 1.807) is 7.11 Å². The standard InChI is InChI=1S/C31H44N4O2/c1-22-9-8-10-23(2)29(22)30(36)33-17-15-31(6,16-18-33)34-19-20-35(24(3)21-34)26(5)28-13-11-27(12-14-28)25(4)32-37-7/h8-14,24,26,32H,4,15-21H2,1-3,5-7H3/t24-,26-/m0/s1. The minimum Gasteiger partial charge on any atom is -0.338 e. The first-order chi connectivity index (χ1) is 17.6. The average Bonchev–Trinajstić information content (AvgIpc) is 2.88. The van der Waals surface area contributed by atoms with Crippen molar-refractivity contribution in [2.75, 3.05) is 39.8 Å². The van der Waals surface area contributed by atoms with E-state index in [0.717, 1.165) is 73.5 Å². The molecular weight excluding hydrogens is 460 g/mol. The molecule has 2 fully saturated rings. The van der Waals surface area contributed by atoms with Gasteiger partial charge in [0.15, 0.2) is 0 Å². The van der Waals surface area contributed by atoms with Crippen LogP contribution < -0.4 is 5.48 Å². The van der Waals surface area contributed by atoms with Crippen molar-refractivity contribution in [1.29, 1.82) is 0 Å². The molecule has 2 saturated heterocycles. The molecule has 200 valence electrons. The number of benzene rings is 2. The molecule has 6 nitrogen and oxygen atoms in total. The first kappa shape index (κ1) is 27.4. The van der Waals surface area contributed by atoms with Crippen LogP contribution in [0.1, 0.15) is 72.3 Å². The Balaban J connectivity index is 1.35. The van der Waals surface area contributed by atoms with E-state index in [0.29, 0.717) is 12.1 Å². The Labute approximate surface area is 223 Å². The molecular formula is C31H44N4O2. The fourth-order valence-corrected chi connectivity index (χ4v) is 6.19. The van der Waals surface area contributed by atoms with Gasteiger partial charge >= 0.3 is 0 Å². The highest BCUT2D eigenvalue weighted by molar-refractivity contribution is 5.97. The van der Waals surface area contributed by atoms with E-state index in [2.05, 4.69) is 71.8 Å². The predicted molar refractivity (Wildman–Crippen MR) is 151 cm³/mol. The molecule has 0 aromatic heterocycles. The summed E-state index contributed by atoms with van der Waals surface area (Å²) in [5, 5.41) is 0. The Kier molecular flexibility index (Phi) is 8.42. The number of piperazine rings is 1. The summed E-state index contributed by atoms with van der Waals surface area (Å²) in [6.07, 6.45) is 2.04. The van der Waals surface area contributed by atoms with Gasteiger partial charge in [0.2, 0.25) is 0 Å². The molecule has 4 rings (SSSR count). The summed E-state index contributed by atoms with van der Waals surface area (Å²) >= 11 is 0. The number of nitrogens with one attached hydrogen (secondary N) is 1. The van der Waals surface area contributed by atoms with E-state index in [1.165, 1.54) is 5.56 Å². The fraction of sp³-hybridized carbons (Fsp3) is 0.516. The van der Waals surface area contributed by atoms with Crippen molar-refractivity contribution in [3.8, 4) is 0 Å². The summed E-state index contributed by atoms with van der Waals surface area (Å²) in [4.78, 5) is 25.7. The molecule has 0 aliphatic carbocycles. The Bertz CT molecular complexity index is 1080. The van der Waals surface area contributed by atoms with Crippen LogP contribution in [0.3, 0.4) is 0 Å². The Hall–Kier alpha value is -2.67. The van der Waals surface area contributed by atoms with Crippen LogP contribution in [0.5, 0.6) is 0 Å². The lowest BCUT2D eigenvalue weighted by Crippen LogP contribution is -2.62. The highest BCUT2D eigenvalue weighted by Crippen LogP contribution is 2.34. The van der Waals surface area contributed by atoms with Crippen LogP contribution in [0.4, 0.5) is 0 Å². The van der Waals surface area contributed by atoms with Gasteiger partial charge < -0.3 is 4.90 Å². The zero-order chi connectivity index (χ0) is 26.7. The van der Waals surface area contributed by atoms with Crippen LogP contribution in [-0.4, -0.2) is 72.0 Å². The molecule has 2 aromatic rings. The molecule has 2 atom stereocenters. The van der Waals surface area contributed by atoms with Gasteiger partial charge in [0.25, 0.3) is 5.91 Å². The first-order valence-corrected chi connectivity index (χ1v) is 13.6. The number of amides is 1. The van der Waals surface area contributed by atoms with Crippen molar-refractivity contribution in [3.05, 3.63) is 76.9 Å². The van der Waals surface area contributed by atoms with Crippen molar-refractivity contribution in [2.24, 2.45) is 0 Å². The van der Waals surface area contributed by atoms with Gasteiger partial charge in [0.05, 0.1) is 12.8 Å². The maximum absolute atomic E-state index is 13.3. The third-order valence-corrected chi connectivity index (χ3v) is 8.73. The van der Waals surface area contributed by atoms with Crippen LogP contribution in [0.25, 0.3) is 5.70 Å². The molecule has 1 N–H and O–H groups in total. The fourth-order valence-electron chi connectivity index (χ4n) is 6.19. The number of hydrogen-bond donors (Lipinski definition) is 1. The number of nitrogens with zero attached hydrogens (tertiary/aromatic N) is 3. The molecule has 0 unspecified atom stereocenters. The van der Waals surface area contributed by atoms with Crippen molar-refractivity contribution in [2.45, 2.75) is 65.1 Å². The monoisotopic (exact) mass is 504 g/mol. The summed E-state index contributed by atoms with van der Waals surface area (Å²) in [6.45, 7) is 20.0.